The maximum Gasteiger partial charge on any atom is 0.255 e. The number of imidazole rings is 1. The molecule has 11 nitrogen and oxygen atoms in total. The topological polar surface area (TPSA) is 127 Å². The third-order valence-electron chi connectivity index (χ3n) is 9.90. The Hall–Kier alpha value is -5.64. The number of hydrogen-bond acceptors (Lipinski definition) is 8. The lowest BCUT2D eigenvalue weighted by atomic mass is 10.00. The predicted molar refractivity (Wildman–Crippen MR) is 203 cm³/mol. The first-order valence-corrected chi connectivity index (χ1v) is 18.7. The second-order valence-corrected chi connectivity index (χ2v) is 15.0. The van der Waals surface area contributed by atoms with Crippen LogP contribution in [0.4, 0.5) is 0 Å². The van der Waals surface area contributed by atoms with Crippen LogP contribution in [0.15, 0.2) is 65.6 Å². The fraction of sp³-hybridized carbons (Fsp3) is 0.275. The van der Waals surface area contributed by atoms with Gasteiger partial charge >= 0.3 is 0 Å². The predicted octanol–water partition coefficient (Wildman–Crippen LogP) is 6.19. The lowest BCUT2D eigenvalue weighted by Gasteiger charge is -2.29. The zero-order chi connectivity index (χ0) is 36.8. The number of amides is 3. The molecule has 6 heterocycles. The van der Waals surface area contributed by atoms with Crippen LogP contribution >= 0.6 is 22.9 Å². The average Bonchev–Trinajstić information content (AvgIpc) is 3.88. The van der Waals surface area contributed by atoms with Gasteiger partial charge in [-0.25, -0.2) is 4.98 Å². The van der Waals surface area contributed by atoms with Gasteiger partial charge in [-0.1, -0.05) is 47.5 Å². The molecule has 53 heavy (non-hydrogen) atoms. The minimum absolute atomic E-state index is 0.165. The molecule has 0 bridgehead atoms. The van der Waals surface area contributed by atoms with Crippen LogP contribution in [0, 0.1) is 25.7 Å². The van der Waals surface area contributed by atoms with E-state index >= 15 is 0 Å². The van der Waals surface area contributed by atoms with Crippen molar-refractivity contribution >= 4 is 52.4 Å². The molecule has 1 saturated heterocycles. The molecule has 0 spiro atoms. The molecule has 1 atom stereocenters. The van der Waals surface area contributed by atoms with Crippen LogP contribution in [0.1, 0.15) is 93.0 Å². The minimum atomic E-state index is -0.630. The smallest absolute Gasteiger partial charge is 0.255 e. The number of nitrogens with zero attached hydrogens (tertiary/aromatic N) is 7. The summed E-state index contributed by atoms with van der Waals surface area (Å²) >= 11 is 7.81. The third kappa shape index (κ3) is 6.62. The van der Waals surface area contributed by atoms with Crippen molar-refractivity contribution in [3.8, 4) is 16.8 Å². The maximum atomic E-state index is 13.2. The van der Waals surface area contributed by atoms with Gasteiger partial charge in [0, 0.05) is 47.4 Å². The molecule has 8 rings (SSSR count). The first kappa shape index (κ1) is 34.4. The molecule has 266 valence electrons. The molecule has 0 saturated carbocycles. The molecule has 0 aliphatic carbocycles. The van der Waals surface area contributed by atoms with Crippen molar-refractivity contribution in [2.45, 2.75) is 72.1 Å². The Bertz CT molecular complexity index is 2440. The Kier molecular flexibility index (Phi) is 9.14. The van der Waals surface area contributed by atoms with Crippen LogP contribution in [-0.2, 0) is 29.2 Å². The number of fused-ring (bicyclic) bond motifs is 4. The van der Waals surface area contributed by atoms with E-state index in [0.29, 0.717) is 35.8 Å². The number of imide groups is 1. The highest BCUT2D eigenvalue weighted by molar-refractivity contribution is 7.15. The monoisotopic (exact) mass is 742 g/mol. The van der Waals surface area contributed by atoms with Crippen LogP contribution in [0.25, 0.3) is 11.1 Å². The summed E-state index contributed by atoms with van der Waals surface area (Å²) in [5.74, 6) is 7.40. The number of piperidine rings is 1. The zero-order valence-electron chi connectivity index (χ0n) is 29.4. The van der Waals surface area contributed by atoms with Crippen molar-refractivity contribution in [2.75, 3.05) is 0 Å². The lowest BCUT2D eigenvalue weighted by Crippen LogP contribution is -2.52. The molecule has 1 unspecified atom stereocenters. The number of aryl methyl sites for hydroxylation is 2. The minimum Gasteiger partial charge on any atom is -0.336 e. The largest absolute Gasteiger partial charge is 0.336 e. The molecular weight excluding hydrogens is 708 g/mol. The summed E-state index contributed by atoms with van der Waals surface area (Å²) in [5.41, 5.74) is 8.33. The molecule has 3 aliphatic rings. The van der Waals surface area contributed by atoms with Gasteiger partial charge in [0.1, 0.15) is 29.1 Å². The van der Waals surface area contributed by atoms with Gasteiger partial charge in [0.15, 0.2) is 5.82 Å². The van der Waals surface area contributed by atoms with Crippen LogP contribution in [0.2, 0.25) is 5.02 Å². The van der Waals surface area contributed by atoms with Crippen LogP contribution in [0.3, 0.4) is 0 Å². The summed E-state index contributed by atoms with van der Waals surface area (Å²) in [7, 11) is 0. The highest BCUT2D eigenvalue weighted by Gasteiger charge is 2.39. The molecule has 1 N–H and O–H groups in total. The van der Waals surface area contributed by atoms with Gasteiger partial charge in [-0.15, -0.1) is 21.5 Å². The van der Waals surface area contributed by atoms with Gasteiger partial charge in [-0.05, 0) is 86.8 Å². The fourth-order valence-corrected chi connectivity index (χ4v) is 8.55. The molecule has 1 fully saturated rings. The highest BCUT2D eigenvalue weighted by Crippen LogP contribution is 2.37. The first-order chi connectivity index (χ1) is 25.6. The van der Waals surface area contributed by atoms with Crippen molar-refractivity contribution < 1.29 is 14.4 Å². The van der Waals surface area contributed by atoms with Crippen molar-refractivity contribution in [1.29, 1.82) is 0 Å². The van der Waals surface area contributed by atoms with Crippen LogP contribution in [0.5, 0.6) is 0 Å². The summed E-state index contributed by atoms with van der Waals surface area (Å²) in [6.45, 7) is 7.68. The standard InChI is InChI=1S/C40H35ClN8O3S/c1-23(18-27-7-4-8-30-31(27)21-48(39(30)52)32-14-16-35(50)44-38(32)51)6-5-17-47-20-29(43-22-47)13-15-33-24(2)36-37(26-9-11-28(41)12-10-26)42-19-34-46-45-25(3)49(34)40(36)53-33/h4,7-12,18,20,22,32H,5-6,14,16-17,19,21H2,1-3H3,(H,44,50,51)/b23-18-. The van der Waals surface area contributed by atoms with Crippen molar-refractivity contribution in [3.05, 3.63) is 121 Å². The van der Waals surface area contributed by atoms with Gasteiger partial charge in [0.25, 0.3) is 5.91 Å². The van der Waals surface area contributed by atoms with E-state index in [1.165, 1.54) is 5.57 Å². The number of hydrogen-bond donors (Lipinski definition) is 1. The van der Waals surface area contributed by atoms with E-state index in [4.69, 9.17) is 16.6 Å². The van der Waals surface area contributed by atoms with Crippen molar-refractivity contribution in [1.82, 2.24) is 34.5 Å². The summed E-state index contributed by atoms with van der Waals surface area (Å²) in [4.78, 5) is 49.4. The Labute approximate surface area is 315 Å². The summed E-state index contributed by atoms with van der Waals surface area (Å²) in [6, 6.07) is 12.8. The fourth-order valence-electron chi connectivity index (χ4n) is 7.19. The molecule has 3 amide bonds. The second-order valence-electron chi connectivity index (χ2n) is 13.5. The number of aliphatic imine (C=N–C) groups is 1. The molecular formula is C40H35ClN8O3S. The van der Waals surface area contributed by atoms with Crippen molar-refractivity contribution in [2.24, 2.45) is 4.99 Å². The molecule has 3 aromatic heterocycles. The van der Waals surface area contributed by atoms with Crippen molar-refractivity contribution in [3.63, 3.8) is 0 Å². The summed E-state index contributed by atoms with van der Waals surface area (Å²) < 4.78 is 4.14. The summed E-state index contributed by atoms with van der Waals surface area (Å²) in [6.07, 6.45) is 8.25. The first-order valence-electron chi connectivity index (χ1n) is 17.5. The average molecular weight is 743 g/mol. The van der Waals surface area contributed by atoms with Gasteiger partial charge in [0.05, 0.1) is 16.9 Å². The van der Waals surface area contributed by atoms with E-state index in [2.05, 4.69) is 61.4 Å². The maximum absolute atomic E-state index is 13.2. The SMILES string of the molecule is C/C(=C/c1cccc2c1CN(C1CCC(=O)NC1=O)C2=O)CCCn1cnc(C#Cc2sc3c(c2C)C(c2ccc(Cl)cc2)=NCc2nnc(C)n2-3)c1. The van der Waals surface area contributed by atoms with Gasteiger partial charge in [0.2, 0.25) is 11.8 Å². The quantitative estimate of drug-likeness (QED) is 0.157. The highest BCUT2D eigenvalue weighted by atomic mass is 35.5. The number of allylic oxidation sites excluding steroid dienone is 1. The van der Waals surface area contributed by atoms with E-state index in [1.54, 1.807) is 16.2 Å². The number of carbonyl (C=O) groups is 3. The number of nitrogens with one attached hydrogen (secondary N) is 1. The molecule has 2 aromatic carbocycles. The number of benzene rings is 2. The Morgan fingerprint density at radius 3 is 2.74 bits per heavy atom. The molecule has 5 aromatic rings. The van der Waals surface area contributed by atoms with E-state index < -0.39 is 11.9 Å². The van der Waals surface area contributed by atoms with E-state index in [9.17, 15) is 14.4 Å². The number of aromatic nitrogens is 5. The lowest BCUT2D eigenvalue weighted by molar-refractivity contribution is -0.136. The molecule has 13 heteroatoms. The second kappa shape index (κ2) is 14.1. The van der Waals surface area contributed by atoms with Crippen LogP contribution in [-0.4, -0.2) is 58.7 Å². The number of rotatable bonds is 7. The van der Waals surface area contributed by atoms with Gasteiger partial charge in [-0.3, -0.25) is 29.3 Å². The molecule has 0 radical (unpaired) electrons. The Balaban J connectivity index is 0.948. The number of halogens is 1. The van der Waals surface area contributed by atoms with Gasteiger partial charge in [-0.2, -0.15) is 0 Å². The molecule has 3 aliphatic heterocycles. The Morgan fingerprint density at radius 2 is 1.92 bits per heavy atom. The summed E-state index contributed by atoms with van der Waals surface area (Å²) in [5, 5.41) is 12.8. The normalized spacial score (nSPS) is 16.7. The third-order valence-corrected chi connectivity index (χ3v) is 11.3. The number of thiophene rings is 1. The van der Waals surface area contributed by atoms with E-state index in [0.717, 1.165) is 74.4 Å². The van der Waals surface area contributed by atoms with Gasteiger partial charge < -0.3 is 9.47 Å². The zero-order valence-corrected chi connectivity index (χ0v) is 31.0. The Morgan fingerprint density at radius 1 is 1.09 bits per heavy atom. The number of carbonyl (C=O) groups excluding carboxylic acids is 3. The van der Waals surface area contributed by atoms with E-state index in [1.807, 2.05) is 61.9 Å². The van der Waals surface area contributed by atoms with E-state index in [-0.39, 0.29) is 18.2 Å². The van der Waals surface area contributed by atoms with Crippen LogP contribution < -0.4 is 5.32 Å².